The van der Waals surface area contributed by atoms with Gasteiger partial charge >= 0.3 is 0 Å². The lowest BCUT2D eigenvalue weighted by molar-refractivity contribution is 0.446. The molecule has 1 heteroatoms. The van der Waals surface area contributed by atoms with E-state index in [1.54, 1.807) is 6.07 Å². The molecule has 0 unspecified atom stereocenters. The van der Waals surface area contributed by atoms with Gasteiger partial charge in [0.15, 0.2) is 0 Å². The van der Waals surface area contributed by atoms with E-state index in [0.717, 1.165) is 5.56 Å². The average Bonchev–Trinajstić information content (AvgIpc) is 2.49. The Kier molecular flexibility index (Phi) is 7.21. The molecule has 1 nitrogen and oxygen atoms in total. The summed E-state index contributed by atoms with van der Waals surface area (Å²) in [4.78, 5) is 0. The van der Waals surface area contributed by atoms with Crippen LogP contribution in [0, 0.1) is 20.8 Å². The fourth-order valence-electron chi connectivity index (χ4n) is 3.67. The summed E-state index contributed by atoms with van der Waals surface area (Å²) in [5.74, 6) is 0.396. The Morgan fingerprint density at radius 3 is 1.21 bits per heavy atom. The third-order valence-electron chi connectivity index (χ3n) is 5.13. The van der Waals surface area contributed by atoms with E-state index in [0.29, 0.717) is 5.75 Å². The van der Waals surface area contributed by atoms with Crippen molar-refractivity contribution in [2.24, 2.45) is 0 Å². The molecule has 0 saturated carbocycles. The summed E-state index contributed by atoms with van der Waals surface area (Å²) < 4.78 is 0. The zero-order valence-corrected chi connectivity index (χ0v) is 20.3. The lowest BCUT2D eigenvalue weighted by atomic mass is 9.76. The predicted octanol–water partition coefficient (Wildman–Crippen LogP) is 7.90. The van der Waals surface area contributed by atoms with Gasteiger partial charge in [0.1, 0.15) is 5.75 Å². The fraction of sp³-hybridized carbons (Fsp3) is 0.556. The van der Waals surface area contributed by atoms with Gasteiger partial charge in [-0.3, -0.25) is 0 Å². The molecular formula is C27H42O. The smallest absolute Gasteiger partial charge is 0.119 e. The van der Waals surface area contributed by atoms with Gasteiger partial charge in [0.05, 0.1) is 0 Å². The molecule has 0 aromatic heterocycles. The van der Waals surface area contributed by atoms with E-state index < -0.39 is 0 Å². The predicted molar refractivity (Wildman–Crippen MR) is 125 cm³/mol. The van der Waals surface area contributed by atoms with Crippen LogP contribution in [-0.4, -0.2) is 5.11 Å². The Bertz CT molecular complexity index is 771. The Labute approximate surface area is 174 Å². The Balaban J connectivity index is 0.000000292. The van der Waals surface area contributed by atoms with Gasteiger partial charge in [0.2, 0.25) is 0 Å². The summed E-state index contributed by atoms with van der Waals surface area (Å²) in [5, 5.41) is 9.57. The average molecular weight is 383 g/mol. The van der Waals surface area contributed by atoms with Crippen LogP contribution in [0.15, 0.2) is 30.3 Å². The molecule has 0 heterocycles. The number of phenols is 1. The van der Waals surface area contributed by atoms with Crippen molar-refractivity contribution in [1.29, 1.82) is 0 Å². The zero-order chi connectivity index (χ0) is 22.1. The number of aryl methyl sites for hydroxylation is 2. The summed E-state index contributed by atoms with van der Waals surface area (Å²) in [6.45, 7) is 26.6. The molecule has 156 valence electrons. The molecule has 0 atom stereocenters. The third kappa shape index (κ3) is 6.40. The highest BCUT2D eigenvalue weighted by Gasteiger charge is 2.23. The lowest BCUT2D eigenvalue weighted by Crippen LogP contribution is -2.19. The van der Waals surface area contributed by atoms with Crippen LogP contribution in [-0.2, 0) is 16.2 Å². The highest BCUT2D eigenvalue weighted by atomic mass is 16.3. The maximum absolute atomic E-state index is 9.57. The normalized spacial score (nSPS) is 12.4. The molecule has 0 aliphatic heterocycles. The molecule has 0 spiro atoms. The molecule has 0 saturated heterocycles. The van der Waals surface area contributed by atoms with Gasteiger partial charge in [-0.05, 0) is 65.3 Å². The molecule has 0 bridgehead atoms. The van der Waals surface area contributed by atoms with E-state index in [-0.39, 0.29) is 16.2 Å². The van der Waals surface area contributed by atoms with Gasteiger partial charge in [0.25, 0.3) is 0 Å². The topological polar surface area (TPSA) is 20.2 Å². The standard InChI is InChI=1S/C16H26.C11H16O/c1-11-9-13(15(3,4)5)12(2)14(10-11)16(6,7)8;1-8-5-6-10(12)9(7-8)11(2,3)4/h9-10H,1-8H3;5-7,12H,1-4H3. The summed E-state index contributed by atoms with van der Waals surface area (Å²) in [7, 11) is 0. The van der Waals surface area contributed by atoms with E-state index >= 15 is 0 Å². The second-order valence-electron chi connectivity index (χ2n) is 11.3. The van der Waals surface area contributed by atoms with Crippen LogP contribution >= 0.6 is 0 Å². The monoisotopic (exact) mass is 382 g/mol. The molecule has 2 aromatic carbocycles. The van der Waals surface area contributed by atoms with E-state index in [1.165, 1.54) is 27.8 Å². The van der Waals surface area contributed by atoms with Gasteiger partial charge in [-0.1, -0.05) is 97.7 Å². The largest absolute Gasteiger partial charge is 0.508 e. The molecule has 2 aromatic rings. The quantitative estimate of drug-likeness (QED) is 0.491. The summed E-state index contributed by atoms with van der Waals surface area (Å²) in [6, 6.07) is 10.4. The summed E-state index contributed by atoms with van der Waals surface area (Å²) in [5.41, 5.74) is 8.50. The van der Waals surface area contributed by atoms with Crippen molar-refractivity contribution in [2.45, 2.75) is 99.3 Å². The molecule has 0 fully saturated rings. The van der Waals surface area contributed by atoms with Crippen LogP contribution in [0.1, 0.15) is 95.7 Å². The molecule has 2 rings (SSSR count). The van der Waals surface area contributed by atoms with Crippen LogP contribution in [0.5, 0.6) is 5.75 Å². The zero-order valence-electron chi connectivity index (χ0n) is 20.3. The van der Waals surface area contributed by atoms with Crippen LogP contribution in [0.2, 0.25) is 0 Å². The van der Waals surface area contributed by atoms with E-state index in [9.17, 15) is 5.11 Å². The minimum Gasteiger partial charge on any atom is -0.508 e. The van der Waals surface area contributed by atoms with Crippen molar-refractivity contribution in [3.63, 3.8) is 0 Å². The number of hydrogen-bond acceptors (Lipinski definition) is 1. The number of rotatable bonds is 0. The number of hydrogen-bond donors (Lipinski definition) is 1. The van der Waals surface area contributed by atoms with Gasteiger partial charge < -0.3 is 5.11 Å². The molecule has 0 radical (unpaired) electrons. The van der Waals surface area contributed by atoms with Crippen LogP contribution in [0.4, 0.5) is 0 Å². The van der Waals surface area contributed by atoms with E-state index in [2.05, 4.69) is 88.3 Å². The Hall–Kier alpha value is -1.76. The molecule has 28 heavy (non-hydrogen) atoms. The Morgan fingerprint density at radius 1 is 0.536 bits per heavy atom. The number of phenolic OH excluding ortho intramolecular Hbond substituents is 1. The SMILES string of the molecule is Cc1cc(C(C)(C)C)c(C)c(C(C)(C)C)c1.Cc1ccc(O)c(C(C)(C)C)c1. The van der Waals surface area contributed by atoms with Gasteiger partial charge in [-0.25, -0.2) is 0 Å². The van der Waals surface area contributed by atoms with Crippen LogP contribution in [0.25, 0.3) is 0 Å². The minimum atomic E-state index is 0.0239. The first-order chi connectivity index (χ1) is 12.4. The number of benzene rings is 2. The third-order valence-corrected chi connectivity index (χ3v) is 5.13. The highest BCUT2D eigenvalue weighted by Crippen LogP contribution is 2.34. The fourth-order valence-corrected chi connectivity index (χ4v) is 3.67. The maximum Gasteiger partial charge on any atom is 0.119 e. The van der Waals surface area contributed by atoms with Crippen LogP contribution < -0.4 is 0 Å². The van der Waals surface area contributed by atoms with Crippen molar-refractivity contribution in [2.75, 3.05) is 0 Å². The Morgan fingerprint density at radius 2 is 0.893 bits per heavy atom. The molecule has 1 N–H and O–H groups in total. The van der Waals surface area contributed by atoms with Gasteiger partial charge in [0, 0.05) is 0 Å². The van der Waals surface area contributed by atoms with Crippen molar-refractivity contribution in [3.05, 3.63) is 63.7 Å². The molecule has 0 aliphatic rings. The van der Waals surface area contributed by atoms with E-state index in [4.69, 9.17) is 0 Å². The molecule has 0 amide bonds. The summed E-state index contributed by atoms with van der Waals surface area (Å²) in [6.07, 6.45) is 0. The summed E-state index contributed by atoms with van der Waals surface area (Å²) >= 11 is 0. The van der Waals surface area contributed by atoms with Crippen molar-refractivity contribution >= 4 is 0 Å². The van der Waals surface area contributed by atoms with E-state index in [1.807, 2.05) is 19.1 Å². The molecule has 0 aliphatic carbocycles. The molecular weight excluding hydrogens is 340 g/mol. The second kappa shape index (κ2) is 8.31. The van der Waals surface area contributed by atoms with Crippen molar-refractivity contribution in [1.82, 2.24) is 0 Å². The first-order valence-corrected chi connectivity index (χ1v) is 10.4. The minimum absolute atomic E-state index is 0.0239. The van der Waals surface area contributed by atoms with Crippen LogP contribution in [0.3, 0.4) is 0 Å². The lowest BCUT2D eigenvalue weighted by Gasteiger charge is -2.29. The highest BCUT2D eigenvalue weighted by molar-refractivity contribution is 5.44. The maximum atomic E-state index is 9.57. The first kappa shape index (κ1) is 24.3. The number of aromatic hydroxyl groups is 1. The first-order valence-electron chi connectivity index (χ1n) is 10.4. The van der Waals surface area contributed by atoms with Crippen molar-refractivity contribution < 1.29 is 5.11 Å². The van der Waals surface area contributed by atoms with Gasteiger partial charge in [-0.2, -0.15) is 0 Å². The van der Waals surface area contributed by atoms with Crippen molar-refractivity contribution in [3.8, 4) is 5.75 Å². The second-order valence-corrected chi connectivity index (χ2v) is 11.3. The van der Waals surface area contributed by atoms with Gasteiger partial charge in [-0.15, -0.1) is 0 Å².